The molecule has 0 N–H and O–H groups in total. The number of hydrogen-bond donors (Lipinski definition) is 0. The minimum atomic E-state index is -0.154. The molecule has 1 aliphatic carbocycles. The summed E-state index contributed by atoms with van der Waals surface area (Å²) in [4.78, 5) is 28.7. The van der Waals surface area contributed by atoms with Crippen LogP contribution in [-0.2, 0) is 4.74 Å². The van der Waals surface area contributed by atoms with Crippen LogP contribution in [-0.4, -0.2) is 60.0 Å². The van der Waals surface area contributed by atoms with Crippen molar-refractivity contribution in [2.75, 3.05) is 26.2 Å². The zero-order chi connectivity index (χ0) is 15.8. The smallest absolute Gasteiger partial charge is 0.261 e. The summed E-state index contributed by atoms with van der Waals surface area (Å²) in [6, 6.07) is 7.54. The third-order valence-electron chi connectivity index (χ3n) is 5.34. The van der Waals surface area contributed by atoms with E-state index in [0.29, 0.717) is 29.8 Å². The summed E-state index contributed by atoms with van der Waals surface area (Å²) in [5, 5.41) is 0. The average Bonchev–Trinajstić information content (AvgIpc) is 2.84. The van der Waals surface area contributed by atoms with Gasteiger partial charge >= 0.3 is 0 Å². The van der Waals surface area contributed by atoms with Crippen LogP contribution in [0.25, 0.3) is 0 Å². The summed E-state index contributed by atoms with van der Waals surface area (Å²) >= 11 is 0. The van der Waals surface area contributed by atoms with Gasteiger partial charge in [-0.25, -0.2) is 0 Å². The zero-order valence-electron chi connectivity index (χ0n) is 13.2. The van der Waals surface area contributed by atoms with E-state index in [0.717, 1.165) is 32.5 Å². The van der Waals surface area contributed by atoms with Gasteiger partial charge < -0.3 is 4.74 Å². The average molecular weight is 314 g/mol. The number of imide groups is 1. The molecule has 1 saturated heterocycles. The standard InChI is InChI=1S/C18H22N2O3/c21-17-13-5-1-2-6-14(13)18(22)20(17)10-9-19-11-12-23-16-8-4-3-7-15(16)19/h1-2,5-6,15-16H,3-4,7-12H2/t15-,16-/m0/s1. The number of rotatable bonds is 3. The van der Waals surface area contributed by atoms with Crippen molar-refractivity contribution in [2.24, 2.45) is 0 Å². The molecule has 5 nitrogen and oxygen atoms in total. The van der Waals surface area contributed by atoms with Gasteiger partial charge in [0.2, 0.25) is 0 Å². The molecule has 2 fully saturated rings. The zero-order valence-corrected chi connectivity index (χ0v) is 13.2. The van der Waals surface area contributed by atoms with E-state index in [9.17, 15) is 9.59 Å². The van der Waals surface area contributed by atoms with E-state index in [1.165, 1.54) is 17.7 Å². The summed E-state index contributed by atoms with van der Waals surface area (Å²) in [7, 11) is 0. The van der Waals surface area contributed by atoms with Gasteiger partial charge in [0.15, 0.2) is 0 Å². The number of carbonyl (C=O) groups is 2. The molecule has 0 bridgehead atoms. The molecule has 2 atom stereocenters. The van der Waals surface area contributed by atoms with E-state index in [1.54, 1.807) is 12.1 Å². The second-order valence-corrected chi connectivity index (χ2v) is 6.60. The Morgan fingerprint density at radius 1 is 1.00 bits per heavy atom. The predicted molar refractivity (Wildman–Crippen MR) is 85.4 cm³/mol. The lowest BCUT2D eigenvalue weighted by Gasteiger charge is -2.44. The van der Waals surface area contributed by atoms with Crippen LogP contribution < -0.4 is 0 Å². The quantitative estimate of drug-likeness (QED) is 0.800. The van der Waals surface area contributed by atoms with Gasteiger partial charge in [-0.05, 0) is 25.0 Å². The summed E-state index contributed by atoms with van der Waals surface area (Å²) in [6.45, 7) is 2.86. The Morgan fingerprint density at radius 2 is 1.70 bits per heavy atom. The van der Waals surface area contributed by atoms with Crippen LogP contribution in [0.5, 0.6) is 0 Å². The van der Waals surface area contributed by atoms with E-state index in [4.69, 9.17) is 4.74 Å². The molecular formula is C18H22N2O3. The Bertz CT molecular complexity index is 593. The molecule has 4 rings (SSSR count). The lowest BCUT2D eigenvalue weighted by molar-refractivity contribution is -0.0884. The minimum absolute atomic E-state index is 0.154. The molecule has 0 aromatic heterocycles. The molecule has 1 aromatic rings. The monoisotopic (exact) mass is 314 g/mol. The Kier molecular flexibility index (Phi) is 3.91. The van der Waals surface area contributed by atoms with E-state index in [-0.39, 0.29) is 11.8 Å². The van der Waals surface area contributed by atoms with E-state index < -0.39 is 0 Å². The molecule has 23 heavy (non-hydrogen) atoms. The van der Waals surface area contributed by atoms with Crippen LogP contribution in [0.1, 0.15) is 46.4 Å². The van der Waals surface area contributed by atoms with Gasteiger partial charge in [-0.1, -0.05) is 25.0 Å². The van der Waals surface area contributed by atoms with Crippen molar-refractivity contribution >= 4 is 11.8 Å². The van der Waals surface area contributed by atoms with Crippen molar-refractivity contribution in [3.8, 4) is 0 Å². The SMILES string of the molecule is O=C1c2ccccc2C(=O)N1CCN1CCO[C@H]2CCCC[C@@H]21. The fourth-order valence-electron chi connectivity index (χ4n) is 4.12. The van der Waals surface area contributed by atoms with Crippen LogP contribution in [0.15, 0.2) is 24.3 Å². The lowest BCUT2D eigenvalue weighted by atomic mass is 9.90. The first-order chi connectivity index (χ1) is 11.3. The fourth-order valence-corrected chi connectivity index (χ4v) is 4.12. The molecule has 5 heteroatoms. The number of benzene rings is 1. The number of fused-ring (bicyclic) bond motifs is 2. The summed E-state index contributed by atoms with van der Waals surface area (Å²) < 4.78 is 5.89. The molecule has 2 aliphatic heterocycles. The van der Waals surface area contributed by atoms with Crippen molar-refractivity contribution in [3.05, 3.63) is 35.4 Å². The minimum Gasteiger partial charge on any atom is -0.375 e. The first-order valence-corrected chi connectivity index (χ1v) is 8.56. The van der Waals surface area contributed by atoms with Gasteiger partial charge in [0.25, 0.3) is 11.8 Å². The number of ether oxygens (including phenoxy) is 1. The molecule has 1 aromatic carbocycles. The highest BCUT2D eigenvalue weighted by molar-refractivity contribution is 6.21. The Balaban J connectivity index is 1.43. The van der Waals surface area contributed by atoms with Crippen LogP contribution in [0, 0.1) is 0 Å². The second-order valence-electron chi connectivity index (χ2n) is 6.60. The third-order valence-corrected chi connectivity index (χ3v) is 5.34. The van der Waals surface area contributed by atoms with Crippen molar-refractivity contribution in [1.29, 1.82) is 0 Å². The van der Waals surface area contributed by atoms with Crippen molar-refractivity contribution in [2.45, 2.75) is 37.8 Å². The highest BCUT2D eigenvalue weighted by atomic mass is 16.5. The maximum absolute atomic E-state index is 12.4. The number of nitrogens with zero attached hydrogens (tertiary/aromatic N) is 2. The molecule has 122 valence electrons. The first-order valence-electron chi connectivity index (χ1n) is 8.56. The summed E-state index contributed by atoms with van der Waals surface area (Å²) in [5.41, 5.74) is 1.07. The molecule has 0 radical (unpaired) electrons. The maximum atomic E-state index is 12.4. The van der Waals surface area contributed by atoms with Crippen LogP contribution in [0.3, 0.4) is 0 Å². The lowest BCUT2D eigenvalue weighted by Crippen LogP contribution is -2.54. The van der Waals surface area contributed by atoms with Gasteiger partial charge in [-0.15, -0.1) is 0 Å². The maximum Gasteiger partial charge on any atom is 0.261 e. The van der Waals surface area contributed by atoms with Crippen molar-refractivity contribution in [3.63, 3.8) is 0 Å². The van der Waals surface area contributed by atoms with E-state index in [2.05, 4.69) is 4.90 Å². The topological polar surface area (TPSA) is 49.9 Å². The van der Waals surface area contributed by atoms with Crippen LogP contribution in [0.4, 0.5) is 0 Å². The number of amides is 2. The molecule has 2 amide bonds. The van der Waals surface area contributed by atoms with Gasteiger partial charge in [0.1, 0.15) is 0 Å². The molecule has 0 spiro atoms. The number of hydrogen-bond acceptors (Lipinski definition) is 4. The van der Waals surface area contributed by atoms with Gasteiger partial charge in [0.05, 0.1) is 23.8 Å². The summed E-state index contributed by atoms with van der Waals surface area (Å²) in [5.74, 6) is -0.307. The van der Waals surface area contributed by atoms with Crippen LogP contribution in [0.2, 0.25) is 0 Å². The second kappa shape index (κ2) is 6.06. The van der Waals surface area contributed by atoms with Gasteiger partial charge in [0, 0.05) is 25.7 Å². The van der Waals surface area contributed by atoms with Crippen LogP contribution >= 0.6 is 0 Å². The highest BCUT2D eigenvalue weighted by Crippen LogP contribution is 2.29. The molecular weight excluding hydrogens is 292 g/mol. The fraction of sp³-hybridized carbons (Fsp3) is 0.556. The Labute approximate surface area is 136 Å². The molecule has 1 saturated carbocycles. The van der Waals surface area contributed by atoms with E-state index >= 15 is 0 Å². The third kappa shape index (κ3) is 2.58. The summed E-state index contributed by atoms with van der Waals surface area (Å²) in [6.07, 6.45) is 5.11. The predicted octanol–water partition coefficient (Wildman–Crippen LogP) is 1.93. The van der Waals surface area contributed by atoms with Gasteiger partial charge in [-0.3, -0.25) is 19.4 Å². The van der Waals surface area contributed by atoms with Crippen molar-refractivity contribution in [1.82, 2.24) is 9.80 Å². The largest absolute Gasteiger partial charge is 0.375 e. The number of carbonyl (C=O) groups excluding carboxylic acids is 2. The Morgan fingerprint density at radius 3 is 2.43 bits per heavy atom. The number of morpholine rings is 1. The highest BCUT2D eigenvalue weighted by Gasteiger charge is 2.37. The van der Waals surface area contributed by atoms with Crippen molar-refractivity contribution < 1.29 is 14.3 Å². The molecule has 2 heterocycles. The molecule has 0 unspecified atom stereocenters. The Hall–Kier alpha value is -1.72. The normalized spacial score (nSPS) is 27.9. The first kappa shape index (κ1) is 14.8. The van der Waals surface area contributed by atoms with Gasteiger partial charge in [-0.2, -0.15) is 0 Å². The van der Waals surface area contributed by atoms with E-state index in [1.807, 2.05) is 12.1 Å². The molecule has 3 aliphatic rings.